The van der Waals surface area contributed by atoms with Crippen LogP contribution in [0.25, 0.3) is 105 Å². The predicted octanol–water partition coefficient (Wildman–Crippen LogP) is 15.0. The van der Waals surface area contributed by atoms with Gasteiger partial charge in [-0.3, -0.25) is 0 Å². The SMILES string of the molecule is CC1(C)c2ccccc2-c2ccc(-n3c4ccccc4c4cc(-c5ccc6c7ccccc7n(-c7ccccc7)c6c5)cc(-n5c6ccccc6c6ccccc65)c43)cc21. The van der Waals surface area contributed by atoms with Gasteiger partial charge in [-0.05, 0) is 100 Å². The quantitative estimate of drug-likeness (QED) is 0.169. The standard InChI is InChI=1S/C57H39N3/c1-57(2)48-23-11-6-18-40(48)41-31-29-39(35-49(41)57)59-51-25-13-10-22-45(51)47-32-37(34-55(56(47)59)60-52-26-14-8-19-42(52)43-20-9-15-27-53(43)60)36-28-30-46-44-21-7-12-24-50(44)58(54(46)33-36)38-16-4-3-5-17-38/h3-35H,1-2H3. The Bertz CT molecular complexity index is 3690. The zero-order valence-electron chi connectivity index (χ0n) is 33.4. The first-order valence-corrected chi connectivity index (χ1v) is 20.9. The van der Waals surface area contributed by atoms with E-state index in [0.717, 1.165) is 11.4 Å². The number of rotatable bonds is 4. The summed E-state index contributed by atoms with van der Waals surface area (Å²) in [7, 11) is 0. The van der Waals surface area contributed by atoms with Gasteiger partial charge >= 0.3 is 0 Å². The first kappa shape index (κ1) is 33.4. The van der Waals surface area contributed by atoms with E-state index in [1.165, 1.54) is 104 Å². The van der Waals surface area contributed by atoms with Crippen molar-refractivity contribution in [3.05, 3.63) is 211 Å². The zero-order valence-corrected chi connectivity index (χ0v) is 33.4. The lowest BCUT2D eigenvalue weighted by molar-refractivity contribution is 0.660. The molecule has 0 radical (unpaired) electrons. The molecule has 0 bridgehead atoms. The van der Waals surface area contributed by atoms with Crippen LogP contribution in [0.15, 0.2) is 200 Å². The summed E-state index contributed by atoms with van der Waals surface area (Å²) in [6.45, 7) is 4.74. The summed E-state index contributed by atoms with van der Waals surface area (Å²) < 4.78 is 7.46. The fourth-order valence-corrected chi connectivity index (χ4v) is 10.7. The van der Waals surface area contributed by atoms with Crippen molar-refractivity contribution in [2.75, 3.05) is 0 Å². The van der Waals surface area contributed by atoms with Gasteiger partial charge in [0.1, 0.15) is 0 Å². The molecule has 3 heteroatoms. The highest BCUT2D eigenvalue weighted by molar-refractivity contribution is 6.17. The number of benzene rings is 9. The van der Waals surface area contributed by atoms with Gasteiger partial charge in [0.25, 0.3) is 0 Å². The number of hydrogen-bond acceptors (Lipinski definition) is 0. The largest absolute Gasteiger partial charge is 0.309 e. The van der Waals surface area contributed by atoms with Gasteiger partial charge < -0.3 is 13.7 Å². The molecule has 0 saturated carbocycles. The highest BCUT2D eigenvalue weighted by atomic mass is 15.1. The number of nitrogens with zero attached hydrogens (tertiary/aromatic N) is 3. The molecular weight excluding hydrogens is 727 g/mol. The van der Waals surface area contributed by atoms with Gasteiger partial charge in [0, 0.05) is 49.1 Å². The van der Waals surface area contributed by atoms with E-state index in [1.54, 1.807) is 0 Å². The molecule has 1 aliphatic carbocycles. The van der Waals surface area contributed by atoms with Crippen molar-refractivity contribution >= 4 is 65.4 Å². The first-order valence-electron chi connectivity index (χ1n) is 20.9. The molecule has 0 fully saturated rings. The molecular formula is C57H39N3. The molecule has 1 aliphatic rings. The van der Waals surface area contributed by atoms with Crippen molar-refractivity contribution in [1.29, 1.82) is 0 Å². The maximum atomic E-state index is 2.53. The van der Waals surface area contributed by atoms with Crippen LogP contribution in [-0.2, 0) is 5.41 Å². The summed E-state index contributed by atoms with van der Waals surface area (Å²) in [6.07, 6.45) is 0. The Morgan fingerprint density at radius 2 is 0.850 bits per heavy atom. The second-order valence-electron chi connectivity index (χ2n) is 16.9. The minimum absolute atomic E-state index is 0.121. The maximum Gasteiger partial charge on any atom is 0.0782 e. The molecule has 12 aromatic rings. The lowest BCUT2D eigenvalue weighted by atomic mass is 9.82. The maximum absolute atomic E-state index is 2.53. The Morgan fingerprint density at radius 3 is 1.53 bits per heavy atom. The molecule has 0 N–H and O–H groups in total. The second-order valence-corrected chi connectivity index (χ2v) is 16.9. The molecule has 0 atom stereocenters. The van der Waals surface area contributed by atoms with Crippen LogP contribution in [0.2, 0.25) is 0 Å². The summed E-state index contributed by atoms with van der Waals surface area (Å²) >= 11 is 0. The van der Waals surface area contributed by atoms with Crippen molar-refractivity contribution in [3.8, 4) is 39.3 Å². The number of fused-ring (bicyclic) bond motifs is 12. The monoisotopic (exact) mass is 765 g/mol. The van der Waals surface area contributed by atoms with Crippen LogP contribution in [0.4, 0.5) is 0 Å². The van der Waals surface area contributed by atoms with E-state index < -0.39 is 0 Å². The molecule has 282 valence electrons. The normalized spacial score (nSPS) is 13.3. The third kappa shape index (κ3) is 4.49. The van der Waals surface area contributed by atoms with Crippen molar-refractivity contribution in [3.63, 3.8) is 0 Å². The Labute approximate surface area is 347 Å². The third-order valence-electron chi connectivity index (χ3n) is 13.4. The van der Waals surface area contributed by atoms with Crippen LogP contribution in [0.3, 0.4) is 0 Å². The van der Waals surface area contributed by atoms with Crippen LogP contribution < -0.4 is 0 Å². The van der Waals surface area contributed by atoms with Crippen LogP contribution in [0.5, 0.6) is 0 Å². The number of para-hydroxylation sites is 5. The van der Waals surface area contributed by atoms with Crippen LogP contribution in [0, 0.1) is 0 Å². The molecule has 0 saturated heterocycles. The Balaban J connectivity index is 1.15. The Hall–Kier alpha value is -7.62. The molecule has 9 aromatic carbocycles. The molecule has 0 spiro atoms. The van der Waals surface area contributed by atoms with Gasteiger partial charge in [-0.1, -0.05) is 147 Å². The van der Waals surface area contributed by atoms with E-state index in [-0.39, 0.29) is 5.41 Å². The zero-order chi connectivity index (χ0) is 39.7. The Morgan fingerprint density at radius 1 is 0.317 bits per heavy atom. The minimum atomic E-state index is -0.121. The third-order valence-corrected chi connectivity index (χ3v) is 13.4. The summed E-state index contributed by atoms with van der Waals surface area (Å²) in [4.78, 5) is 0. The summed E-state index contributed by atoms with van der Waals surface area (Å²) in [6, 6.07) is 74.3. The lowest BCUT2D eigenvalue weighted by Gasteiger charge is -2.22. The molecule has 0 amide bonds. The molecule has 3 heterocycles. The van der Waals surface area contributed by atoms with Gasteiger partial charge in [-0.15, -0.1) is 0 Å². The predicted molar refractivity (Wildman–Crippen MR) is 252 cm³/mol. The fraction of sp³-hybridized carbons (Fsp3) is 0.0526. The van der Waals surface area contributed by atoms with E-state index in [2.05, 4.69) is 228 Å². The molecule has 3 aromatic heterocycles. The topological polar surface area (TPSA) is 14.8 Å². The van der Waals surface area contributed by atoms with Crippen LogP contribution in [0.1, 0.15) is 25.0 Å². The summed E-state index contributed by atoms with van der Waals surface area (Å²) in [5.74, 6) is 0. The fourth-order valence-electron chi connectivity index (χ4n) is 10.7. The highest BCUT2D eigenvalue weighted by Gasteiger charge is 2.35. The van der Waals surface area contributed by atoms with Crippen LogP contribution in [-0.4, -0.2) is 13.7 Å². The molecule has 60 heavy (non-hydrogen) atoms. The summed E-state index contributed by atoms with van der Waals surface area (Å²) in [5.41, 5.74) is 18.3. The van der Waals surface area contributed by atoms with E-state index in [0.29, 0.717) is 0 Å². The number of hydrogen-bond donors (Lipinski definition) is 0. The van der Waals surface area contributed by atoms with Crippen LogP contribution >= 0.6 is 0 Å². The average Bonchev–Trinajstić information content (AvgIpc) is 4.00. The molecule has 13 rings (SSSR count). The van der Waals surface area contributed by atoms with Gasteiger partial charge in [0.2, 0.25) is 0 Å². The van der Waals surface area contributed by atoms with Crippen molar-refractivity contribution in [2.45, 2.75) is 19.3 Å². The smallest absolute Gasteiger partial charge is 0.0782 e. The second kappa shape index (κ2) is 12.2. The first-order chi connectivity index (χ1) is 29.5. The van der Waals surface area contributed by atoms with Crippen molar-refractivity contribution in [1.82, 2.24) is 13.7 Å². The van der Waals surface area contributed by atoms with Gasteiger partial charge in [0.15, 0.2) is 0 Å². The average molecular weight is 766 g/mol. The lowest BCUT2D eigenvalue weighted by Crippen LogP contribution is -2.15. The molecule has 3 nitrogen and oxygen atoms in total. The Kier molecular flexibility index (Phi) is 6.78. The highest BCUT2D eigenvalue weighted by Crippen LogP contribution is 2.50. The van der Waals surface area contributed by atoms with Gasteiger partial charge in [0.05, 0.1) is 38.8 Å². The van der Waals surface area contributed by atoms with E-state index in [9.17, 15) is 0 Å². The van der Waals surface area contributed by atoms with Crippen molar-refractivity contribution < 1.29 is 0 Å². The van der Waals surface area contributed by atoms with E-state index in [4.69, 9.17) is 0 Å². The minimum Gasteiger partial charge on any atom is -0.309 e. The van der Waals surface area contributed by atoms with E-state index >= 15 is 0 Å². The number of aromatic nitrogens is 3. The molecule has 0 unspecified atom stereocenters. The van der Waals surface area contributed by atoms with Gasteiger partial charge in [-0.2, -0.15) is 0 Å². The van der Waals surface area contributed by atoms with E-state index in [1.807, 2.05) is 0 Å². The van der Waals surface area contributed by atoms with Gasteiger partial charge in [-0.25, -0.2) is 0 Å². The molecule has 0 aliphatic heterocycles. The van der Waals surface area contributed by atoms with Crippen molar-refractivity contribution in [2.24, 2.45) is 0 Å². The summed E-state index contributed by atoms with van der Waals surface area (Å²) in [5, 5.41) is 7.47.